The summed E-state index contributed by atoms with van der Waals surface area (Å²) in [4.78, 5) is 20.9. The molecule has 1 saturated heterocycles. The first-order valence-electron chi connectivity index (χ1n) is 4.28. The van der Waals surface area contributed by atoms with Crippen LogP contribution in [0.5, 0.6) is 0 Å². The molecule has 1 N–H and O–H groups in total. The predicted molar refractivity (Wildman–Crippen MR) is 39.1 cm³/mol. The lowest BCUT2D eigenvalue weighted by atomic mass is 9.92. The molecule has 5 heteroatoms. The van der Waals surface area contributed by atoms with E-state index in [1.165, 1.54) is 0 Å². The van der Waals surface area contributed by atoms with E-state index in [1.807, 2.05) is 0 Å². The molecule has 5 nitrogen and oxygen atoms in total. The van der Waals surface area contributed by atoms with Gasteiger partial charge in [0.15, 0.2) is 0 Å². The molecule has 0 bridgehead atoms. The fourth-order valence-electron chi connectivity index (χ4n) is 1.59. The zero-order valence-electron chi connectivity index (χ0n) is 7.12. The molecule has 74 valence electrons. The minimum absolute atomic E-state index is 0.538. The first-order chi connectivity index (χ1) is 6.13. The Morgan fingerprint density at radius 3 is 2.23 bits per heavy atom. The Hall–Kier alpha value is -1.10. The number of nitrogens with one attached hydrogen (secondary N) is 1. The van der Waals surface area contributed by atoms with Gasteiger partial charge in [0.2, 0.25) is 0 Å². The fourth-order valence-corrected chi connectivity index (χ4v) is 1.59. The predicted octanol–water partition coefficient (Wildman–Crippen LogP) is -2.76. The van der Waals surface area contributed by atoms with E-state index >= 15 is 0 Å². The first-order valence-corrected chi connectivity index (χ1v) is 4.28. The fraction of sp³-hybridized carbons (Fsp3) is 0.750. The third-order valence-corrected chi connectivity index (χ3v) is 2.26. The molecule has 1 fully saturated rings. The Labute approximate surface area is 75.7 Å². The number of hydrogen-bond acceptors (Lipinski definition) is 5. The molecule has 0 spiro atoms. The molecule has 1 heterocycles. The Morgan fingerprint density at radius 1 is 1.23 bits per heavy atom. The molecular weight excluding hydrogens is 174 g/mol. The monoisotopic (exact) mass is 185 g/mol. The summed E-state index contributed by atoms with van der Waals surface area (Å²) in [5, 5.41) is 23.8. The summed E-state index contributed by atoms with van der Waals surface area (Å²) in [5.41, 5.74) is 0. The van der Waals surface area contributed by atoms with Gasteiger partial charge in [-0.05, 0) is 19.4 Å². The second-order valence-electron chi connectivity index (χ2n) is 3.17. The van der Waals surface area contributed by atoms with Crippen LogP contribution in [-0.4, -0.2) is 24.5 Å². The van der Waals surface area contributed by atoms with E-state index in [0.29, 0.717) is 13.0 Å². The van der Waals surface area contributed by atoms with Gasteiger partial charge in [0.05, 0.1) is 17.9 Å². The van der Waals surface area contributed by atoms with Crippen molar-refractivity contribution in [1.82, 2.24) is 5.32 Å². The Kier molecular flexibility index (Phi) is 3.25. The van der Waals surface area contributed by atoms with Crippen molar-refractivity contribution in [3.63, 3.8) is 0 Å². The zero-order valence-corrected chi connectivity index (χ0v) is 7.12. The van der Waals surface area contributed by atoms with Crippen LogP contribution in [0.15, 0.2) is 0 Å². The van der Waals surface area contributed by atoms with Crippen molar-refractivity contribution in [2.75, 3.05) is 6.54 Å². The highest BCUT2D eigenvalue weighted by Gasteiger charge is 2.24. The van der Waals surface area contributed by atoms with Crippen molar-refractivity contribution in [3.05, 3.63) is 0 Å². The minimum atomic E-state index is -1.57. The normalized spacial score (nSPS) is 23.0. The van der Waals surface area contributed by atoms with Gasteiger partial charge in [-0.2, -0.15) is 0 Å². The van der Waals surface area contributed by atoms with E-state index in [2.05, 4.69) is 5.32 Å². The van der Waals surface area contributed by atoms with Crippen LogP contribution < -0.4 is 15.5 Å². The van der Waals surface area contributed by atoms with Crippen LogP contribution in [0.25, 0.3) is 0 Å². The number of carbonyl (C=O) groups is 2. The number of hydrogen-bond donors (Lipinski definition) is 1. The number of piperidine rings is 1. The van der Waals surface area contributed by atoms with Crippen molar-refractivity contribution < 1.29 is 19.8 Å². The van der Waals surface area contributed by atoms with Crippen LogP contribution in [0.1, 0.15) is 19.3 Å². The molecule has 0 saturated carbocycles. The van der Waals surface area contributed by atoms with Crippen LogP contribution in [0.3, 0.4) is 0 Å². The van der Waals surface area contributed by atoms with Crippen molar-refractivity contribution in [1.29, 1.82) is 0 Å². The zero-order chi connectivity index (χ0) is 9.84. The second-order valence-corrected chi connectivity index (χ2v) is 3.17. The summed E-state index contributed by atoms with van der Waals surface area (Å²) in [7, 11) is 0. The van der Waals surface area contributed by atoms with Crippen LogP contribution in [0, 0.1) is 5.92 Å². The molecule has 0 aliphatic carbocycles. The lowest BCUT2D eigenvalue weighted by Crippen LogP contribution is -2.54. The second kappa shape index (κ2) is 4.23. The minimum Gasteiger partial charge on any atom is -0.549 e. The van der Waals surface area contributed by atoms with Crippen LogP contribution in [0.2, 0.25) is 0 Å². The molecule has 0 aromatic rings. The van der Waals surface area contributed by atoms with Gasteiger partial charge in [-0.1, -0.05) is 6.42 Å². The summed E-state index contributed by atoms with van der Waals surface area (Å²) in [5.74, 6) is -4.67. The average molecular weight is 185 g/mol. The maximum Gasteiger partial charge on any atom is 0.0535 e. The van der Waals surface area contributed by atoms with Gasteiger partial charge in [0.1, 0.15) is 0 Å². The lowest BCUT2D eigenvalue weighted by Gasteiger charge is -2.32. The van der Waals surface area contributed by atoms with Gasteiger partial charge in [-0.15, -0.1) is 0 Å². The number of carboxylic acid groups (broad SMARTS) is 2. The van der Waals surface area contributed by atoms with Gasteiger partial charge >= 0.3 is 0 Å². The molecule has 0 radical (unpaired) electrons. The molecule has 1 unspecified atom stereocenters. The van der Waals surface area contributed by atoms with Gasteiger partial charge < -0.3 is 25.1 Å². The summed E-state index contributed by atoms with van der Waals surface area (Å²) >= 11 is 0. The van der Waals surface area contributed by atoms with Gasteiger partial charge in [0, 0.05) is 6.04 Å². The summed E-state index contributed by atoms with van der Waals surface area (Å²) in [6, 6.07) is -0.538. The first kappa shape index (κ1) is 9.98. The highest BCUT2D eigenvalue weighted by molar-refractivity contribution is 5.91. The van der Waals surface area contributed by atoms with Crippen LogP contribution in [-0.2, 0) is 9.59 Å². The van der Waals surface area contributed by atoms with Gasteiger partial charge in [-0.25, -0.2) is 0 Å². The Balaban J connectivity index is 2.62. The third-order valence-electron chi connectivity index (χ3n) is 2.26. The van der Waals surface area contributed by atoms with Crippen molar-refractivity contribution in [3.8, 4) is 0 Å². The molecule has 0 aromatic heterocycles. The molecule has 1 aliphatic rings. The van der Waals surface area contributed by atoms with E-state index in [1.54, 1.807) is 0 Å². The van der Waals surface area contributed by atoms with Crippen LogP contribution in [0.4, 0.5) is 0 Å². The van der Waals surface area contributed by atoms with Crippen molar-refractivity contribution in [2.24, 2.45) is 5.92 Å². The summed E-state index contributed by atoms with van der Waals surface area (Å²) in [6.07, 6.45) is 2.34. The van der Waals surface area contributed by atoms with Gasteiger partial charge in [-0.3, -0.25) is 0 Å². The third kappa shape index (κ3) is 2.42. The maximum absolute atomic E-state index is 10.5. The van der Waals surface area contributed by atoms with Crippen molar-refractivity contribution >= 4 is 11.9 Å². The van der Waals surface area contributed by atoms with Gasteiger partial charge in [0.25, 0.3) is 0 Å². The summed E-state index contributed by atoms with van der Waals surface area (Å²) in [6.45, 7) is 0.654. The van der Waals surface area contributed by atoms with E-state index in [-0.39, 0.29) is 0 Å². The SMILES string of the molecule is O=C([O-])C(C(=O)[O-])C1CCCCN1. The maximum atomic E-state index is 10.5. The molecular formula is C8H11NO4-2. The molecule has 1 aliphatic heterocycles. The molecule has 0 aromatic carbocycles. The number of carbonyl (C=O) groups excluding carboxylic acids is 2. The quantitative estimate of drug-likeness (QED) is 0.481. The smallest absolute Gasteiger partial charge is 0.0535 e. The standard InChI is InChI=1S/C8H13NO4/c10-7(11)6(8(12)13)5-3-1-2-4-9-5/h5-6,9H,1-4H2,(H,10,11)(H,12,13)/p-2. The average Bonchev–Trinajstić information content (AvgIpc) is 2.04. The highest BCUT2D eigenvalue weighted by atomic mass is 16.4. The van der Waals surface area contributed by atoms with E-state index in [4.69, 9.17) is 0 Å². The molecule has 1 rings (SSSR count). The van der Waals surface area contributed by atoms with E-state index in [9.17, 15) is 19.8 Å². The lowest BCUT2D eigenvalue weighted by molar-refractivity contribution is -0.333. The molecule has 13 heavy (non-hydrogen) atoms. The summed E-state index contributed by atoms with van der Waals surface area (Å²) < 4.78 is 0. The number of rotatable bonds is 3. The molecule has 0 amide bonds. The van der Waals surface area contributed by atoms with Crippen LogP contribution >= 0.6 is 0 Å². The topological polar surface area (TPSA) is 92.3 Å². The number of aliphatic carboxylic acids is 2. The van der Waals surface area contributed by atoms with Crippen molar-refractivity contribution in [2.45, 2.75) is 25.3 Å². The number of carboxylic acids is 2. The highest BCUT2D eigenvalue weighted by Crippen LogP contribution is 2.14. The Morgan fingerprint density at radius 2 is 1.85 bits per heavy atom. The molecule has 1 atom stereocenters. The van der Waals surface area contributed by atoms with E-state index in [0.717, 1.165) is 12.8 Å². The largest absolute Gasteiger partial charge is 0.549 e. The van der Waals surface area contributed by atoms with E-state index < -0.39 is 23.9 Å². The Bertz CT molecular complexity index is 196.